The Morgan fingerprint density at radius 3 is 2.71 bits per heavy atom. The molecule has 0 bridgehead atoms. The van der Waals surface area contributed by atoms with Crippen LogP contribution in [-0.4, -0.2) is 17.8 Å². The van der Waals surface area contributed by atoms with Crippen LogP contribution < -0.4 is 10.1 Å². The van der Waals surface area contributed by atoms with E-state index in [1.54, 1.807) is 19.2 Å². The second kappa shape index (κ2) is 4.96. The second-order valence-electron chi connectivity index (χ2n) is 5.12. The third kappa shape index (κ3) is 2.91. The number of hydrogen-bond donors (Lipinski definition) is 2. The molecule has 2 rings (SSSR count). The monoisotopic (exact) mass is 235 g/mol. The molecule has 0 spiro atoms. The number of aromatic hydroxyl groups is 1. The standard InChI is InChI=1S/C14H21NO2/c1-14(7-3-4-8-14)15-10-11-9-12(17-2)5-6-13(11)16/h5-6,9,15-16H,3-4,7-8,10H2,1-2H3. The van der Waals surface area contributed by atoms with Gasteiger partial charge >= 0.3 is 0 Å². The van der Waals surface area contributed by atoms with Gasteiger partial charge in [-0.25, -0.2) is 0 Å². The van der Waals surface area contributed by atoms with E-state index in [0.29, 0.717) is 12.3 Å². The lowest BCUT2D eigenvalue weighted by Crippen LogP contribution is -2.38. The molecule has 2 N–H and O–H groups in total. The van der Waals surface area contributed by atoms with Crippen molar-refractivity contribution in [2.45, 2.75) is 44.7 Å². The maximum absolute atomic E-state index is 9.79. The fourth-order valence-electron chi connectivity index (χ4n) is 2.47. The van der Waals surface area contributed by atoms with E-state index < -0.39 is 0 Å². The van der Waals surface area contributed by atoms with Gasteiger partial charge in [0.2, 0.25) is 0 Å². The van der Waals surface area contributed by atoms with Crippen molar-refractivity contribution in [3.05, 3.63) is 23.8 Å². The van der Waals surface area contributed by atoms with E-state index in [9.17, 15) is 5.11 Å². The summed E-state index contributed by atoms with van der Waals surface area (Å²) in [6, 6.07) is 5.35. The summed E-state index contributed by atoms with van der Waals surface area (Å²) in [5.74, 6) is 1.12. The van der Waals surface area contributed by atoms with Crippen LogP contribution in [0.4, 0.5) is 0 Å². The van der Waals surface area contributed by atoms with Crippen molar-refractivity contribution < 1.29 is 9.84 Å². The molecular formula is C14H21NO2. The number of phenols is 1. The van der Waals surface area contributed by atoms with Crippen LogP contribution in [-0.2, 0) is 6.54 Å². The van der Waals surface area contributed by atoms with Crippen LogP contribution in [0.3, 0.4) is 0 Å². The Morgan fingerprint density at radius 2 is 2.06 bits per heavy atom. The summed E-state index contributed by atoms with van der Waals surface area (Å²) in [7, 11) is 1.64. The number of hydrogen-bond acceptors (Lipinski definition) is 3. The number of rotatable bonds is 4. The fourth-order valence-corrected chi connectivity index (χ4v) is 2.47. The fraction of sp³-hybridized carbons (Fsp3) is 0.571. The van der Waals surface area contributed by atoms with E-state index in [-0.39, 0.29) is 5.54 Å². The summed E-state index contributed by atoms with van der Waals surface area (Å²) in [4.78, 5) is 0. The van der Waals surface area contributed by atoms with Crippen molar-refractivity contribution in [2.24, 2.45) is 0 Å². The van der Waals surface area contributed by atoms with Crippen molar-refractivity contribution in [3.63, 3.8) is 0 Å². The molecule has 3 heteroatoms. The van der Waals surface area contributed by atoms with Crippen LogP contribution in [0.2, 0.25) is 0 Å². The first-order chi connectivity index (χ1) is 8.13. The van der Waals surface area contributed by atoms with Crippen molar-refractivity contribution in [3.8, 4) is 11.5 Å². The van der Waals surface area contributed by atoms with E-state index >= 15 is 0 Å². The highest BCUT2D eigenvalue weighted by Crippen LogP contribution is 2.30. The Hall–Kier alpha value is -1.22. The van der Waals surface area contributed by atoms with E-state index in [0.717, 1.165) is 11.3 Å². The van der Waals surface area contributed by atoms with Crippen LogP contribution in [0.25, 0.3) is 0 Å². The lowest BCUT2D eigenvalue weighted by Gasteiger charge is -2.25. The molecular weight excluding hydrogens is 214 g/mol. The highest BCUT2D eigenvalue weighted by atomic mass is 16.5. The zero-order chi connectivity index (χ0) is 12.3. The SMILES string of the molecule is COc1ccc(O)c(CNC2(C)CCCC2)c1. The third-order valence-corrected chi connectivity index (χ3v) is 3.70. The predicted molar refractivity (Wildman–Crippen MR) is 68.4 cm³/mol. The summed E-state index contributed by atoms with van der Waals surface area (Å²) >= 11 is 0. The smallest absolute Gasteiger partial charge is 0.120 e. The van der Waals surface area contributed by atoms with Crippen LogP contribution >= 0.6 is 0 Å². The molecule has 0 heterocycles. The molecule has 0 aliphatic heterocycles. The molecule has 1 aromatic rings. The van der Waals surface area contributed by atoms with Crippen molar-refractivity contribution >= 4 is 0 Å². The Morgan fingerprint density at radius 1 is 1.35 bits per heavy atom. The average molecular weight is 235 g/mol. The van der Waals surface area contributed by atoms with Gasteiger partial charge in [0, 0.05) is 17.6 Å². The molecule has 0 amide bonds. The Balaban J connectivity index is 2.02. The Labute approximate surface area is 103 Å². The molecule has 0 atom stereocenters. The van der Waals surface area contributed by atoms with Gasteiger partial charge in [0.15, 0.2) is 0 Å². The first-order valence-electron chi connectivity index (χ1n) is 6.24. The van der Waals surface area contributed by atoms with E-state index in [1.807, 2.05) is 6.07 Å². The molecule has 17 heavy (non-hydrogen) atoms. The molecule has 0 saturated heterocycles. The molecule has 0 radical (unpaired) electrons. The maximum Gasteiger partial charge on any atom is 0.120 e. The van der Waals surface area contributed by atoms with Gasteiger partial charge in [0.05, 0.1) is 7.11 Å². The molecule has 1 aliphatic carbocycles. The number of methoxy groups -OCH3 is 1. The zero-order valence-electron chi connectivity index (χ0n) is 10.6. The Bertz CT molecular complexity index is 384. The van der Waals surface area contributed by atoms with Crippen LogP contribution in [0, 0.1) is 0 Å². The summed E-state index contributed by atoms with van der Waals surface area (Å²) in [5, 5.41) is 13.3. The largest absolute Gasteiger partial charge is 0.508 e. The molecule has 1 aromatic carbocycles. The van der Waals surface area contributed by atoms with Gasteiger partial charge in [0.25, 0.3) is 0 Å². The minimum Gasteiger partial charge on any atom is -0.508 e. The Kier molecular flexibility index (Phi) is 3.57. The lowest BCUT2D eigenvalue weighted by molar-refractivity contribution is 0.356. The normalized spacial score (nSPS) is 18.2. The van der Waals surface area contributed by atoms with Crippen molar-refractivity contribution in [2.75, 3.05) is 7.11 Å². The van der Waals surface area contributed by atoms with E-state index in [2.05, 4.69) is 12.2 Å². The third-order valence-electron chi connectivity index (χ3n) is 3.70. The molecule has 0 aromatic heterocycles. The minimum atomic E-state index is 0.232. The second-order valence-corrected chi connectivity index (χ2v) is 5.12. The molecule has 1 aliphatic rings. The molecule has 1 saturated carbocycles. The summed E-state index contributed by atoms with van der Waals surface area (Å²) in [6.07, 6.45) is 5.04. The van der Waals surface area contributed by atoms with Gasteiger partial charge in [-0.1, -0.05) is 12.8 Å². The number of ether oxygens (including phenoxy) is 1. The van der Waals surface area contributed by atoms with Crippen molar-refractivity contribution in [1.82, 2.24) is 5.32 Å². The highest BCUT2D eigenvalue weighted by molar-refractivity contribution is 5.39. The van der Waals surface area contributed by atoms with Gasteiger partial charge < -0.3 is 15.2 Å². The highest BCUT2D eigenvalue weighted by Gasteiger charge is 2.27. The quantitative estimate of drug-likeness (QED) is 0.843. The van der Waals surface area contributed by atoms with Gasteiger partial charge in [-0.15, -0.1) is 0 Å². The van der Waals surface area contributed by atoms with Gasteiger partial charge in [-0.05, 0) is 38.0 Å². The van der Waals surface area contributed by atoms with Crippen molar-refractivity contribution in [1.29, 1.82) is 0 Å². The summed E-state index contributed by atoms with van der Waals surface area (Å²) in [5.41, 5.74) is 1.13. The topological polar surface area (TPSA) is 41.5 Å². The summed E-state index contributed by atoms with van der Waals surface area (Å²) < 4.78 is 5.17. The molecule has 0 unspecified atom stereocenters. The first-order valence-corrected chi connectivity index (χ1v) is 6.24. The predicted octanol–water partition coefficient (Wildman–Crippen LogP) is 2.82. The lowest BCUT2D eigenvalue weighted by atomic mass is 10.00. The van der Waals surface area contributed by atoms with E-state index in [4.69, 9.17) is 4.74 Å². The van der Waals surface area contributed by atoms with Gasteiger partial charge in [0.1, 0.15) is 11.5 Å². The average Bonchev–Trinajstić information content (AvgIpc) is 2.76. The minimum absolute atomic E-state index is 0.232. The number of benzene rings is 1. The molecule has 1 fully saturated rings. The maximum atomic E-state index is 9.79. The van der Waals surface area contributed by atoms with Gasteiger partial charge in [-0.3, -0.25) is 0 Å². The molecule has 94 valence electrons. The van der Waals surface area contributed by atoms with Crippen LogP contribution in [0.5, 0.6) is 11.5 Å². The van der Waals surface area contributed by atoms with Crippen LogP contribution in [0.1, 0.15) is 38.2 Å². The number of nitrogens with one attached hydrogen (secondary N) is 1. The number of phenolic OH excluding ortho intramolecular Hbond substituents is 1. The molecule has 3 nitrogen and oxygen atoms in total. The first kappa shape index (κ1) is 12.2. The van der Waals surface area contributed by atoms with Gasteiger partial charge in [-0.2, -0.15) is 0 Å². The summed E-state index contributed by atoms with van der Waals surface area (Å²) in [6.45, 7) is 2.96. The van der Waals surface area contributed by atoms with E-state index in [1.165, 1.54) is 25.7 Å². The zero-order valence-corrected chi connectivity index (χ0v) is 10.6. The van der Waals surface area contributed by atoms with Crippen LogP contribution in [0.15, 0.2) is 18.2 Å².